The summed E-state index contributed by atoms with van der Waals surface area (Å²) < 4.78 is 78.1. The van der Waals surface area contributed by atoms with E-state index in [1.165, 1.54) is 24.3 Å². The second-order valence-corrected chi connectivity index (χ2v) is 20.5. The van der Waals surface area contributed by atoms with E-state index < -0.39 is 65.6 Å². The topological polar surface area (TPSA) is 253 Å². The van der Waals surface area contributed by atoms with Gasteiger partial charge in [-0.25, -0.2) is 26.4 Å². The average molecular weight is 1020 g/mol. The zero-order valence-corrected chi connectivity index (χ0v) is 40.7. The molecule has 72 heavy (non-hydrogen) atoms. The normalized spacial score (nSPS) is 17.5. The van der Waals surface area contributed by atoms with Gasteiger partial charge in [0.2, 0.25) is 11.2 Å². The fourth-order valence-corrected chi connectivity index (χ4v) is 10.1. The van der Waals surface area contributed by atoms with Crippen molar-refractivity contribution < 1.29 is 73.5 Å². The van der Waals surface area contributed by atoms with Crippen LogP contribution in [0.4, 0.5) is 5.69 Å². The molecule has 2 fully saturated rings. The first kappa shape index (κ1) is 51.2. The number of allylic oxidation sites excluding steroid dienone is 6. The van der Waals surface area contributed by atoms with Crippen LogP contribution in [-0.2, 0) is 65.2 Å². The van der Waals surface area contributed by atoms with Gasteiger partial charge < -0.3 is 23.7 Å². The van der Waals surface area contributed by atoms with Gasteiger partial charge in [0.1, 0.15) is 26.8 Å². The molecule has 376 valence electrons. The van der Waals surface area contributed by atoms with Gasteiger partial charge in [-0.05, 0) is 105 Å². The number of nitrogens with zero attached hydrogens (tertiary/aromatic N) is 5. The fourth-order valence-electron chi connectivity index (χ4n) is 9.14. The largest absolute Gasteiger partial charge is 0.744 e. The first-order valence-corrected chi connectivity index (χ1v) is 26.5. The molecule has 4 aromatic rings. The highest BCUT2D eigenvalue weighted by Crippen LogP contribution is 2.39. The molecule has 2 saturated heterocycles. The van der Waals surface area contributed by atoms with Crippen LogP contribution in [0.2, 0.25) is 0 Å². The van der Waals surface area contributed by atoms with Crippen molar-refractivity contribution in [3.8, 4) is 0 Å². The lowest BCUT2D eigenvalue weighted by Gasteiger charge is -2.29. The van der Waals surface area contributed by atoms with Crippen LogP contribution in [0.25, 0.3) is 28.2 Å². The van der Waals surface area contributed by atoms with Crippen LogP contribution in [0.1, 0.15) is 107 Å². The van der Waals surface area contributed by atoms with Crippen molar-refractivity contribution in [1.82, 2.24) is 10.1 Å². The van der Waals surface area contributed by atoms with E-state index in [-0.39, 0.29) is 38.5 Å². The van der Waals surface area contributed by atoms with Crippen LogP contribution in [-0.4, -0.2) is 78.2 Å². The highest BCUT2D eigenvalue weighted by molar-refractivity contribution is 7.86. The number of carbonyl (C=O) groups is 6. The smallest absolute Gasteiger partial charge is 0.333 e. The Hall–Kier alpha value is -7.20. The monoisotopic (exact) mass is 1020 g/mol. The molecular weight excluding hydrogens is 971 g/mol. The Morgan fingerprint density at radius 3 is 1.88 bits per heavy atom. The van der Waals surface area contributed by atoms with E-state index in [9.17, 15) is 54.7 Å². The number of imide groups is 2. The molecule has 0 spiro atoms. The molecule has 8 rings (SSSR count). The van der Waals surface area contributed by atoms with Crippen LogP contribution < -0.4 is 14.0 Å². The van der Waals surface area contributed by atoms with Crippen LogP contribution in [0.15, 0.2) is 119 Å². The molecule has 5 heterocycles. The summed E-state index contributed by atoms with van der Waals surface area (Å²) in [5.74, 6) is -3.56. The molecule has 4 aliphatic rings. The number of fused-ring (bicyclic) bond motifs is 2. The Morgan fingerprint density at radius 1 is 0.653 bits per heavy atom. The number of hydroxylamine groups is 4. The molecule has 21 heteroatoms. The zero-order valence-electron chi connectivity index (χ0n) is 39.1. The number of amides is 4. The van der Waals surface area contributed by atoms with Crippen LogP contribution in [0, 0.1) is 0 Å². The average Bonchev–Trinajstić information content (AvgIpc) is 3.84. The minimum absolute atomic E-state index is 0.00174. The van der Waals surface area contributed by atoms with Crippen molar-refractivity contribution in [2.24, 2.45) is 0 Å². The Kier molecular flexibility index (Phi) is 15.7. The van der Waals surface area contributed by atoms with Crippen LogP contribution in [0.5, 0.6) is 0 Å². The van der Waals surface area contributed by atoms with Crippen LogP contribution >= 0.6 is 0 Å². The van der Waals surface area contributed by atoms with E-state index in [4.69, 9.17) is 9.68 Å². The van der Waals surface area contributed by atoms with E-state index in [2.05, 4.69) is 0 Å². The Bertz CT molecular complexity index is 3190. The lowest BCUT2D eigenvalue weighted by Crippen LogP contribution is -2.35. The van der Waals surface area contributed by atoms with Gasteiger partial charge in [0.05, 0.1) is 15.2 Å². The highest BCUT2D eigenvalue weighted by atomic mass is 32.2. The molecule has 0 N–H and O–H groups in total. The number of carbonyl (C=O) groups excluding carboxylic acids is 6. The zero-order chi connectivity index (χ0) is 51.2. The molecule has 0 atom stereocenters. The van der Waals surface area contributed by atoms with E-state index in [1.807, 2.05) is 81.3 Å². The summed E-state index contributed by atoms with van der Waals surface area (Å²) in [6.07, 6.45) is 18.5. The van der Waals surface area contributed by atoms with Gasteiger partial charge in [0.25, 0.3) is 23.6 Å². The lowest BCUT2D eigenvalue weighted by molar-refractivity contribution is -0.671. The first-order chi connectivity index (χ1) is 34.4. The summed E-state index contributed by atoms with van der Waals surface area (Å²) in [5.41, 5.74) is 5.74. The van der Waals surface area contributed by atoms with Crippen molar-refractivity contribution in [1.29, 1.82) is 0 Å². The summed E-state index contributed by atoms with van der Waals surface area (Å²) in [5, 5.41) is 1.56. The maximum absolute atomic E-state index is 12.4. The third kappa shape index (κ3) is 12.1. The predicted molar refractivity (Wildman–Crippen MR) is 254 cm³/mol. The predicted octanol–water partition coefficient (Wildman–Crippen LogP) is 5.45. The van der Waals surface area contributed by atoms with Crippen molar-refractivity contribution in [3.05, 3.63) is 120 Å². The molecule has 0 bridgehead atoms. The second kappa shape index (κ2) is 22.1. The molecule has 0 saturated carbocycles. The SMILES string of the molecule is O=C(CCCCCN1C=C/C(=C/C2=C([n+]3ccccc3)C(=C/c3cc[n+](CCCCCC(=O)ON4C(=O)CCC4=O)c4ccc(S(=O)(=O)[O-])cc34)/CCC2)c2cc(S(=O)(=O)[O-])ccc21)ON1C(=O)CCC1=O. The lowest BCUT2D eigenvalue weighted by atomic mass is 9.87. The van der Waals surface area contributed by atoms with Crippen molar-refractivity contribution in [2.75, 3.05) is 11.4 Å². The van der Waals surface area contributed by atoms with Gasteiger partial charge >= 0.3 is 11.9 Å². The van der Waals surface area contributed by atoms with Gasteiger partial charge in [-0.3, -0.25) is 19.2 Å². The van der Waals surface area contributed by atoms with Gasteiger partial charge in [0.15, 0.2) is 18.6 Å². The molecule has 0 radical (unpaired) electrons. The van der Waals surface area contributed by atoms with Gasteiger partial charge in [-0.15, -0.1) is 10.1 Å². The number of anilines is 1. The number of hydrogen-bond donors (Lipinski definition) is 0. The van der Waals surface area contributed by atoms with E-state index >= 15 is 0 Å². The number of hydrogen-bond acceptors (Lipinski definition) is 15. The Balaban J connectivity index is 1.06. The van der Waals surface area contributed by atoms with E-state index in [0.717, 1.165) is 16.8 Å². The first-order valence-electron chi connectivity index (χ1n) is 23.7. The minimum atomic E-state index is -4.84. The summed E-state index contributed by atoms with van der Waals surface area (Å²) in [7, 11) is -9.68. The molecule has 1 aliphatic carbocycles. The summed E-state index contributed by atoms with van der Waals surface area (Å²) >= 11 is 0. The molecular formula is C51H51N5O14S2. The summed E-state index contributed by atoms with van der Waals surface area (Å²) in [6.45, 7) is 0.950. The number of rotatable bonds is 19. The molecule has 19 nitrogen and oxygen atoms in total. The Labute approximate surface area is 415 Å². The maximum Gasteiger partial charge on any atom is 0.333 e. The molecule has 4 amide bonds. The third-order valence-electron chi connectivity index (χ3n) is 12.7. The van der Waals surface area contributed by atoms with Gasteiger partial charge in [-0.2, -0.15) is 9.13 Å². The third-order valence-corrected chi connectivity index (χ3v) is 14.4. The number of unbranched alkanes of at least 4 members (excludes halogenated alkanes) is 4. The maximum atomic E-state index is 12.4. The number of pyridine rings is 2. The number of aromatic nitrogens is 2. The molecule has 3 aliphatic heterocycles. The van der Waals surface area contributed by atoms with Crippen molar-refractivity contribution >= 4 is 89.7 Å². The quantitative estimate of drug-likeness (QED) is 0.0490. The standard InChI is InChI=1S/C51H51N5O14S2/c57-45-19-20-46(58)55(45)69-49(61)13-4-1-6-25-52-29-23-35(41-33-39(71(63,64)65)15-17-43(41)52)31-37-11-10-12-38(51(37)54-27-8-3-9-28-54)32-36-24-30-53(44-18-16-40(34-42(36)44)72(66,67)68)26-7-2-5-14-50(62)70-56-47(59)21-22-48(56)60/h3,8-9,15-18,23-24,27-34H,1-2,4-7,10-14,19-22,25-26H2. The van der Waals surface area contributed by atoms with E-state index in [1.54, 1.807) is 12.1 Å². The number of aryl methyl sites for hydroxylation is 1. The molecule has 2 aromatic carbocycles. The van der Waals surface area contributed by atoms with Crippen molar-refractivity contribution in [3.63, 3.8) is 0 Å². The number of benzene rings is 2. The minimum Gasteiger partial charge on any atom is -0.744 e. The Morgan fingerprint density at radius 2 is 1.25 bits per heavy atom. The second-order valence-electron chi connectivity index (χ2n) is 17.7. The van der Waals surface area contributed by atoms with Gasteiger partial charge in [-0.1, -0.05) is 12.5 Å². The fraction of sp³-hybridized carbons (Fsp3) is 0.333. The van der Waals surface area contributed by atoms with Crippen molar-refractivity contribution in [2.45, 2.75) is 113 Å². The molecule has 0 unspecified atom stereocenters. The highest BCUT2D eigenvalue weighted by Gasteiger charge is 2.34. The summed E-state index contributed by atoms with van der Waals surface area (Å²) in [6, 6.07) is 16.0. The van der Waals surface area contributed by atoms with E-state index in [0.29, 0.717) is 114 Å². The van der Waals surface area contributed by atoms with Crippen LogP contribution in [0.3, 0.4) is 0 Å². The molecule has 2 aromatic heterocycles. The summed E-state index contributed by atoms with van der Waals surface area (Å²) in [4.78, 5) is 83.1. The van der Waals surface area contributed by atoms with Gasteiger partial charge in [0, 0.05) is 104 Å².